The van der Waals surface area contributed by atoms with E-state index < -0.39 is 0 Å². The summed E-state index contributed by atoms with van der Waals surface area (Å²) in [5.41, 5.74) is 3.44. The van der Waals surface area contributed by atoms with Crippen molar-refractivity contribution in [2.45, 2.75) is 6.92 Å². The summed E-state index contributed by atoms with van der Waals surface area (Å²) in [6.07, 6.45) is 1.55. The number of aryl methyl sites for hydroxylation is 1. The Morgan fingerprint density at radius 2 is 1.79 bits per heavy atom. The third kappa shape index (κ3) is 3.86. The minimum Gasteiger partial charge on any atom is -0.339 e. The Labute approximate surface area is 147 Å². The highest BCUT2D eigenvalue weighted by Gasteiger charge is 2.03. The van der Waals surface area contributed by atoms with E-state index in [4.69, 9.17) is 5.26 Å². The summed E-state index contributed by atoms with van der Waals surface area (Å²) in [6.45, 7) is 2.03. The van der Waals surface area contributed by atoms with Crippen molar-refractivity contribution in [2.75, 3.05) is 10.6 Å². The van der Waals surface area contributed by atoms with Crippen LogP contribution in [0.25, 0.3) is 0 Å². The molecule has 0 aliphatic rings. The number of nitrogens with zero attached hydrogens (tertiary/aromatic N) is 4. The van der Waals surface area contributed by atoms with Crippen LogP contribution in [0.3, 0.4) is 0 Å². The van der Waals surface area contributed by atoms with Crippen molar-refractivity contribution in [1.82, 2.24) is 15.2 Å². The Kier molecular flexibility index (Phi) is 4.68. The zero-order valence-corrected chi connectivity index (χ0v) is 14.4. The highest BCUT2D eigenvalue weighted by atomic mass is 79.9. The number of hydrogen-bond acceptors (Lipinski definition) is 6. The lowest BCUT2D eigenvalue weighted by Gasteiger charge is -2.09. The second-order valence-electron chi connectivity index (χ2n) is 5.07. The number of rotatable bonds is 4. The molecule has 6 nitrogen and oxygen atoms in total. The molecule has 1 heterocycles. The number of aromatic nitrogens is 3. The van der Waals surface area contributed by atoms with Gasteiger partial charge in [-0.3, -0.25) is 0 Å². The van der Waals surface area contributed by atoms with Gasteiger partial charge in [0.05, 0.1) is 17.8 Å². The molecule has 0 radical (unpaired) electrons. The van der Waals surface area contributed by atoms with Crippen LogP contribution in [0, 0.1) is 18.3 Å². The molecule has 0 unspecified atom stereocenters. The molecule has 0 atom stereocenters. The molecular formula is C17H13BrN6. The predicted octanol–water partition coefficient (Wildman–Crippen LogP) is 4.30. The molecule has 0 aliphatic heterocycles. The highest BCUT2D eigenvalue weighted by Crippen LogP contribution is 2.23. The Balaban J connectivity index is 1.75. The number of hydrogen-bond donors (Lipinski definition) is 2. The molecule has 0 amide bonds. The van der Waals surface area contributed by atoms with Gasteiger partial charge in [0.25, 0.3) is 0 Å². The van der Waals surface area contributed by atoms with Gasteiger partial charge in [0.1, 0.15) is 0 Å². The Morgan fingerprint density at radius 1 is 1.04 bits per heavy atom. The molecule has 0 aliphatic carbocycles. The van der Waals surface area contributed by atoms with Crippen LogP contribution in [0.2, 0.25) is 0 Å². The molecule has 3 rings (SSSR count). The minimum atomic E-state index is 0.371. The van der Waals surface area contributed by atoms with E-state index in [9.17, 15) is 0 Å². The third-order valence-electron chi connectivity index (χ3n) is 3.27. The van der Waals surface area contributed by atoms with Crippen LogP contribution in [0.1, 0.15) is 11.1 Å². The molecule has 0 bridgehead atoms. The van der Waals surface area contributed by atoms with Gasteiger partial charge >= 0.3 is 0 Å². The van der Waals surface area contributed by atoms with Gasteiger partial charge in [0.2, 0.25) is 5.95 Å². The lowest BCUT2D eigenvalue weighted by Crippen LogP contribution is -2.02. The van der Waals surface area contributed by atoms with E-state index in [1.165, 1.54) is 0 Å². The lowest BCUT2D eigenvalue weighted by molar-refractivity contribution is 0.982. The fourth-order valence-electron chi connectivity index (χ4n) is 1.99. The van der Waals surface area contributed by atoms with Crippen LogP contribution in [0.15, 0.2) is 53.1 Å². The van der Waals surface area contributed by atoms with Crippen LogP contribution in [0.5, 0.6) is 0 Å². The van der Waals surface area contributed by atoms with Crippen molar-refractivity contribution in [2.24, 2.45) is 0 Å². The van der Waals surface area contributed by atoms with Gasteiger partial charge in [-0.25, -0.2) is 0 Å². The molecule has 2 aromatic carbocycles. The topological polar surface area (TPSA) is 86.5 Å². The number of anilines is 4. The lowest BCUT2D eigenvalue weighted by atomic mass is 10.2. The maximum absolute atomic E-state index is 8.81. The largest absolute Gasteiger partial charge is 0.339 e. The normalized spacial score (nSPS) is 10.0. The monoisotopic (exact) mass is 380 g/mol. The van der Waals surface area contributed by atoms with Crippen LogP contribution < -0.4 is 10.6 Å². The van der Waals surface area contributed by atoms with Crippen LogP contribution in [-0.2, 0) is 0 Å². The first-order chi connectivity index (χ1) is 11.6. The van der Waals surface area contributed by atoms with Crippen molar-refractivity contribution in [1.29, 1.82) is 5.26 Å². The van der Waals surface area contributed by atoms with E-state index in [2.05, 4.69) is 47.8 Å². The van der Waals surface area contributed by atoms with Crippen molar-refractivity contribution in [3.63, 3.8) is 0 Å². The first kappa shape index (κ1) is 15.9. The van der Waals surface area contributed by atoms with Crippen molar-refractivity contribution in [3.8, 4) is 6.07 Å². The van der Waals surface area contributed by atoms with E-state index >= 15 is 0 Å². The van der Waals surface area contributed by atoms with E-state index in [0.29, 0.717) is 17.3 Å². The van der Waals surface area contributed by atoms with Gasteiger partial charge in [0, 0.05) is 15.8 Å². The number of nitriles is 1. The molecule has 118 valence electrons. The number of benzene rings is 2. The van der Waals surface area contributed by atoms with Gasteiger partial charge in [-0.05, 0) is 48.9 Å². The molecular weight excluding hydrogens is 368 g/mol. The number of halogens is 1. The van der Waals surface area contributed by atoms with Gasteiger partial charge < -0.3 is 10.6 Å². The summed E-state index contributed by atoms with van der Waals surface area (Å²) in [6, 6.07) is 15.1. The molecule has 0 spiro atoms. The molecule has 0 saturated carbocycles. The van der Waals surface area contributed by atoms with Crippen molar-refractivity contribution < 1.29 is 0 Å². The second-order valence-corrected chi connectivity index (χ2v) is 5.92. The molecule has 3 aromatic rings. The fraction of sp³-hybridized carbons (Fsp3) is 0.0588. The maximum Gasteiger partial charge on any atom is 0.249 e. The van der Waals surface area contributed by atoms with Crippen LogP contribution in [0.4, 0.5) is 23.1 Å². The first-order valence-electron chi connectivity index (χ1n) is 7.14. The molecule has 1 aromatic heterocycles. The van der Waals surface area contributed by atoms with Crippen LogP contribution in [-0.4, -0.2) is 15.2 Å². The summed E-state index contributed by atoms with van der Waals surface area (Å²) in [5.74, 6) is 0.952. The molecule has 0 fully saturated rings. The van der Waals surface area contributed by atoms with E-state index in [0.717, 1.165) is 21.4 Å². The third-order valence-corrected chi connectivity index (χ3v) is 4.13. The SMILES string of the molecule is Cc1ccc(Nc2cnnc(Nc3ccc(C#N)cc3)n2)cc1Br. The zero-order valence-electron chi connectivity index (χ0n) is 12.8. The number of nitrogens with one attached hydrogen (secondary N) is 2. The van der Waals surface area contributed by atoms with Gasteiger partial charge in [-0.1, -0.05) is 22.0 Å². The highest BCUT2D eigenvalue weighted by molar-refractivity contribution is 9.10. The smallest absolute Gasteiger partial charge is 0.249 e. The predicted molar refractivity (Wildman–Crippen MR) is 96.4 cm³/mol. The van der Waals surface area contributed by atoms with E-state index in [1.54, 1.807) is 30.5 Å². The second kappa shape index (κ2) is 7.06. The Morgan fingerprint density at radius 3 is 2.50 bits per heavy atom. The quantitative estimate of drug-likeness (QED) is 0.701. The Bertz CT molecular complexity index is 902. The summed E-state index contributed by atoms with van der Waals surface area (Å²) in [4.78, 5) is 4.38. The van der Waals surface area contributed by atoms with Crippen molar-refractivity contribution >= 4 is 39.1 Å². The van der Waals surface area contributed by atoms with E-state index in [-0.39, 0.29) is 0 Å². The molecule has 0 saturated heterocycles. The van der Waals surface area contributed by atoms with Crippen molar-refractivity contribution in [3.05, 3.63) is 64.3 Å². The summed E-state index contributed by atoms with van der Waals surface area (Å²) in [7, 11) is 0. The van der Waals surface area contributed by atoms with Gasteiger partial charge in [-0.15, -0.1) is 5.10 Å². The summed E-state index contributed by atoms with van der Waals surface area (Å²) < 4.78 is 1.02. The fourth-order valence-corrected chi connectivity index (χ4v) is 2.37. The molecule has 2 N–H and O–H groups in total. The first-order valence-corrected chi connectivity index (χ1v) is 7.93. The molecule has 24 heavy (non-hydrogen) atoms. The standard InChI is InChI=1S/C17H13BrN6/c1-11-2-5-14(8-15(11)18)21-16-10-20-24-17(23-16)22-13-6-3-12(9-19)4-7-13/h2-8,10H,1H3,(H2,21,22,23,24). The van der Waals surface area contributed by atoms with Crippen LogP contribution >= 0.6 is 15.9 Å². The zero-order chi connectivity index (χ0) is 16.9. The minimum absolute atomic E-state index is 0.371. The average Bonchev–Trinajstić information content (AvgIpc) is 2.59. The molecule has 7 heteroatoms. The summed E-state index contributed by atoms with van der Waals surface area (Å²) in [5, 5.41) is 23.0. The van der Waals surface area contributed by atoms with Gasteiger partial charge in [-0.2, -0.15) is 15.3 Å². The maximum atomic E-state index is 8.81. The Hall–Kier alpha value is -2.98. The summed E-state index contributed by atoms with van der Waals surface area (Å²) >= 11 is 3.51. The van der Waals surface area contributed by atoms with Gasteiger partial charge in [0.15, 0.2) is 5.82 Å². The average molecular weight is 381 g/mol. The van der Waals surface area contributed by atoms with E-state index in [1.807, 2.05) is 25.1 Å².